The summed E-state index contributed by atoms with van der Waals surface area (Å²) in [5.41, 5.74) is 0.218. The molecule has 0 radical (unpaired) electrons. The Morgan fingerprint density at radius 2 is 0.891 bits per heavy atom. The van der Waals surface area contributed by atoms with Crippen molar-refractivity contribution in [1.82, 2.24) is 10.6 Å². The molecule has 5 rings (SSSR count). The standard InChI is InChI=1S/C40H50N2O2P2/c1-32(2)39(42-5,31-45(43,35-23-13-7-14-24-35)36-25-15-8-16-26-36)40(33(3)41-4,34-21-11-6-12-22-34)46(44,37-27-17-9-18-28-37)38-29-19-10-20-30-38/h6-30,32-33,41-46H,31H2,1-5H3/t33-,39+,40+/m0/s1. The van der Waals surface area contributed by atoms with E-state index in [1.165, 1.54) is 0 Å². The van der Waals surface area contributed by atoms with Crippen LogP contribution in [0, 0.1) is 5.92 Å². The zero-order chi connectivity index (χ0) is 32.8. The van der Waals surface area contributed by atoms with Gasteiger partial charge in [-0.15, -0.1) is 0 Å². The quantitative estimate of drug-likeness (QED) is 0.123. The van der Waals surface area contributed by atoms with E-state index in [1.54, 1.807) is 0 Å². The van der Waals surface area contributed by atoms with Gasteiger partial charge in [0.1, 0.15) is 0 Å². The van der Waals surface area contributed by atoms with Gasteiger partial charge in [0.05, 0.1) is 0 Å². The summed E-state index contributed by atoms with van der Waals surface area (Å²) in [6.45, 7) is 6.69. The van der Waals surface area contributed by atoms with E-state index in [1.807, 2.05) is 93.0 Å². The van der Waals surface area contributed by atoms with Crippen LogP contribution in [0.2, 0.25) is 0 Å². The molecule has 0 unspecified atom stereocenters. The Morgan fingerprint density at radius 3 is 1.22 bits per heavy atom. The molecule has 4 nitrogen and oxygen atoms in total. The maximum atomic E-state index is 14.3. The number of nitrogens with one attached hydrogen (secondary N) is 2. The van der Waals surface area contributed by atoms with Crippen molar-refractivity contribution in [3.63, 3.8) is 0 Å². The first-order valence-electron chi connectivity index (χ1n) is 16.3. The van der Waals surface area contributed by atoms with Crippen LogP contribution >= 0.6 is 15.0 Å². The van der Waals surface area contributed by atoms with Gasteiger partial charge in [-0.3, -0.25) is 0 Å². The molecule has 0 fully saturated rings. The van der Waals surface area contributed by atoms with Gasteiger partial charge in [0.2, 0.25) is 0 Å². The molecular formula is C40H50N2O2P2. The minimum atomic E-state index is -3.84. The van der Waals surface area contributed by atoms with E-state index in [2.05, 4.69) is 104 Å². The molecule has 5 aromatic carbocycles. The molecule has 0 aromatic heterocycles. The zero-order valence-electron chi connectivity index (χ0n) is 27.7. The van der Waals surface area contributed by atoms with E-state index in [4.69, 9.17) is 0 Å². The van der Waals surface area contributed by atoms with Crippen molar-refractivity contribution >= 4 is 36.2 Å². The number of benzene rings is 5. The Bertz CT molecular complexity index is 1580. The van der Waals surface area contributed by atoms with Crippen LogP contribution in [0.4, 0.5) is 0 Å². The Morgan fingerprint density at radius 1 is 0.543 bits per heavy atom. The van der Waals surface area contributed by atoms with Crippen molar-refractivity contribution in [1.29, 1.82) is 0 Å². The van der Waals surface area contributed by atoms with Gasteiger partial charge in [-0.1, -0.05) is 0 Å². The third-order valence-electron chi connectivity index (χ3n) is 10.4. The second-order valence-corrected chi connectivity index (χ2v) is 19.4. The summed E-state index contributed by atoms with van der Waals surface area (Å²) in [7, 11) is -3.31. The second-order valence-electron chi connectivity index (χ2n) is 12.8. The number of likely N-dealkylation sites (N-methyl/N-ethyl adjacent to an activating group) is 2. The van der Waals surface area contributed by atoms with E-state index < -0.39 is 25.7 Å². The Labute approximate surface area is 276 Å². The first-order valence-corrected chi connectivity index (χ1v) is 20.4. The molecule has 0 aliphatic rings. The zero-order valence-corrected chi connectivity index (χ0v) is 29.7. The molecule has 0 amide bonds. The molecule has 6 heteroatoms. The first-order chi connectivity index (χ1) is 22.2. The maximum absolute atomic E-state index is 14.3. The molecular weight excluding hydrogens is 602 g/mol. The topological polar surface area (TPSA) is 64.5 Å². The van der Waals surface area contributed by atoms with Crippen LogP contribution in [-0.4, -0.2) is 41.6 Å². The molecule has 0 spiro atoms. The van der Waals surface area contributed by atoms with Crippen LogP contribution in [0.5, 0.6) is 0 Å². The van der Waals surface area contributed by atoms with E-state index in [-0.39, 0.29) is 12.0 Å². The third kappa shape index (κ3) is 5.56. The molecule has 46 heavy (non-hydrogen) atoms. The van der Waals surface area contributed by atoms with Crippen LogP contribution in [0.3, 0.4) is 0 Å². The molecule has 0 aliphatic heterocycles. The van der Waals surface area contributed by atoms with Crippen LogP contribution < -0.4 is 31.9 Å². The molecule has 0 bridgehead atoms. The first kappa shape index (κ1) is 34.1. The van der Waals surface area contributed by atoms with E-state index in [0.717, 1.165) is 26.8 Å². The minimum absolute atomic E-state index is 0.0218. The summed E-state index contributed by atoms with van der Waals surface area (Å²) < 4.78 is 0. The molecule has 0 saturated carbocycles. The summed E-state index contributed by atoms with van der Waals surface area (Å²) in [6.07, 6.45) is 0.429. The van der Waals surface area contributed by atoms with Gasteiger partial charge in [-0.2, -0.15) is 0 Å². The van der Waals surface area contributed by atoms with Gasteiger partial charge in [-0.05, 0) is 0 Å². The van der Waals surface area contributed by atoms with Gasteiger partial charge in [0, 0.05) is 0 Å². The summed E-state index contributed by atoms with van der Waals surface area (Å²) >= 11 is 0. The van der Waals surface area contributed by atoms with Crippen molar-refractivity contribution in [3.8, 4) is 0 Å². The van der Waals surface area contributed by atoms with E-state index in [0.29, 0.717) is 6.16 Å². The van der Waals surface area contributed by atoms with Crippen molar-refractivity contribution in [2.45, 2.75) is 37.5 Å². The second kappa shape index (κ2) is 14.3. The van der Waals surface area contributed by atoms with Gasteiger partial charge >= 0.3 is 278 Å². The van der Waals surface area contributed by atoms with Crippen LogP contribution in [0.1, 0.15) is 26.3 Å². The monoisotopic (exact) mass is 652 g/mol. The molecule has 0 aliphatic carbocycles. The van der Waals surface area contributed by atoms with Crippen LogP contribution in [0.15, 0.2) is 152 Å². The fourth-order valence-electron chi connectivity index (χ4n) is 8.21. The molecule has 3 atom stereocenters. The van der Waals surface area contributed by atoms with Crippen molar-refractivity contribution < 1.29 is 9.79 Å². The van der Waals surface area contributed by atoms with E-state index >= 15 is 0 Å². The predicted octanol–water partition coefficient (Wildman–Crippen LogP) is 5.72. The van der Waals surface area contributed by atoms with Gasteiger partial charge < -0.3 is 0 Å². The summed E-state index contributed by atoms with van der Waals surface area (Å²) in [5, 5.41) is 10.4. The molecule has 242 valence electrons. The number of hydrogen-bond acceptors (Lipinski definition) is 4. The summed E-state index contributed by atoms with van der Waals surface area (Å²) in [5.74, 6) is -0.0218. The number of rotatable bonds is 13. The summed E-state index contributed by atoms with van der Waals surface area (Å²) in [4.78, 5) is 27.7. The van der Waals surface area contributed by atoms with Gasteiger partial charge in [-0.25, -0.2) is 0 Å². The fourth-order valence-corrected chi connectivity index (χ4v) is 17.4. The Kier molecular flexibility index (Phi) is 10.6. The van der Waals surface area contributed by atoms with Crippen LogP contribution in [0.25, 0.3) is 0 Å². The van der Waals surface area contributed by atoms with Gasteiger partial charge in [0.15, 0.2) is 0 Å². The molecule has 0 saturated heterocycles. The average molecular weight is 653 g/mol. The third-order valence-corrected chi connectivity index (χ3v) is 18.7. The van der Waals surface area contributed by atoms with Gasteiger partial charge in [0.25, 0.3) is 0 Å². The normalized spacial score (nSPS) is 16.3. The molecule has 5 aromatic rings. The molecule has 4 N–H and O–H groups in total. The van der Waals surface area contributed by atoms with Crippen molar-refractivity contribution in [2.24, 2.45) is 5.92 Å². The van der Waals surface area contributed by atoms with E-state index in [9.17, 15) is 9.79 Å². The van der Waals surface area contributed by atoms with Crippen molar-refractivity contribution in [2.75, 3.05) is 20.3 Å². The van der Waals surface area contributed by atoms with Crippen LogP contribution in [-0.2, 0) is 5.16 Å². The fraction of sp³-hybridized carbons (Fsp3) is 0.250. The summed E-state index contributed by atoms with van der Waals surface area (Å²) in [6, 6.07) is 51.2. The Hall–Kier alpha value is -3.20. The Balaban J connectivity index is 1.99. The SMILES string of the molecule is CN[C@@H](C)[C@@](c1ccccc1)([C@](C[PH](O)(c1ccccc1)c1ccccc1)(NC)C(C)C)[PH](O)(c1ccccc1)c1ccccc1. The van der Waals surface area contributed by atoms with Crippen molar-refractivity contribution in [3.05, 3.63) is 157 Å². The average Bonchev–Trinajstić information content (AvgIpc) is 3.12. The predicted molar refractivity (Wildman–Crippen MR) is 204 cm³/mol. The number of hydrogen-bond donors (Lipinski definition) is 4. The molecule has 0 heterocycles.